The van der Waals surface area contributed by atoms with Crippen LogP contribution in [0.25, 0.3) is 0 Å². The standard InChI is InChI=1S/C18H16Cl2N4O2/c1-11-16(9-21-22-18(25)15-7-8-26-12(15)2)17(20)24(23-11)10-13-3-5-14(19)6-4-13/h3-9H,10H2,1-2H3,(H,22,25). The van der Waals surface area contributed by atoms with Gasteiger partial charge >= 0.3 is 0 Å². The van der Waals surface area contributed by atoms with Crippen LogP contribution in [-0.2, 0) is 6.54 Å². The summed E-state index contributed by atoms with van der Waals surface area (Å²) in [7, 11) is 0. The Balaban J connectivity index is 1.72. The quantitative estimate of drug-likeness (QED) is 0.523. The molecule has 134 valence electrons. The number of aryl methyl sites for hydroxylation is 2. The van der Waals surface area contributed by atoms with Gasteiger partial charge in [0, 0.05) is 5.02 Å². The number of halogens is 2. The summed E-state index contributed by atoms with van der Waals surface area (Å²) in [6.45, 7) is 4.04. The highest BCUT2D eigenvalue weighted by Crippen LogP contribution is 2.20. The van der Waals surface area contributed by atoms with Gasteiger partial charge in [0.15, 0.2) is 0 Å². The third-order valence-electron chi connectivity index (χ3n) is 3.82. The van der Waals surface area contributed by atoms with Crippen LogP contribution < -0.4 is 5.43 Å². The number of furan rings is 1. The van der Waals surface area contributed by atoms with E-state index in [1.807, 2.05) is 31.2 Å². The van der Waals surface area contributed by atoms with Crippen LogP contribution in [0.3, 0.4) is 0 Å². The molecule has 0 bridgehead atoms. The second-order valence-electron chi connectivity index (χ2n) is 5.66. The van der Waals surface area contributed by atoms with Crippen LogP contribution >= 0.6 is 23.2 Å². The molecule has 0 fully saturated rings. The summed E-state index contributed by atoms with van der Waals surface area (Å²) < 4.78 is 6.77. The molecule has 0 aliphatic rings. The molecule has 0 saturated carbocycles. The van der Waals surface area contributed by atoms with Gasteiger partial charge in [-0.25, -0.2) is 10.1 Å². The highest BCUT2D eigenvalue weighted by molar-refractivity contribution is 6.32. The van der Waals surface area contributed by atoms with Gasteiger partial charge in [0.1, 0.15) is 10.9 Å². The van der Waals surface area contributed by atoms with E-state index in [0.717, 1.165) is 5.56 Å². The molecule has 0 unspecified atom stereocenters. The number of nitrogens with one attached hydrogen (secondary N) is 1. The highest BCUT2D eigenvalue weighted by atomic mass is 35.5. The van der Waals surface area contributed by atoms with Crippen molar-refractivity contribution in [3.63, 3.8) is 0 Å². The summed E-state index contributed by atoms with van der Waals surface area (Å²) in [5.74, 6) is 0.178. The van der Waals surface area contributed by atoms with E-state index in [9.17, 15) is 4.79 Å². The van der Waals surface area contributed by atoms with Crippen LogP contribution in [0.1, 0.15) is 32.9 Å². The van der Waals surface area contributed by atoms with E-state index in [1.54, 1.807) is 17.7 Å². The van der Waals surface area contributed by atoms with Gasteiger partial charge < -0.3 is 4.42 Å². The first kappa shape index (κ1) is 18.2. The van der Waals surface area contributed by atoms with E-state index in [4.69, 9.17) is 27.6 Å². The molecular weight excluding hydrogens is 375 g/mol. The van der Waals surface area contributed by atoms with Gasteiger partial charge in [0.2, 0.25) is 0 Å². The third kappa shape index (κ3) is 3.98. The van der Waals surface area contributed by atoms with Gasteiger partial charge in [-0.1, -0.05) is 35.3 Å². The first-order valence-electron chi connectivity index (χ1n) is 7.80. The Labute approximate surface area is 160 Å². The van der Waals surface area contributed by atoms with Crippen molar-refractivity contribution in [2.45, 2.75) is 20.4 Å². The molecule has 0 aliphatic carbocycles. The largest absolute Gasteiger partial charge is 0.469 e. The lowest BCUT2D eigenvalue weighted by molar-refractivity contribution is 0.0953. The Morgan fingerprint density at radius 1 is 1.27 bits per heavy atom. The number of benzene rings is 1. The number of hydrogen-bond donors (Lipinski definition) is 1. The second-order valence-corrected chi connectivity index (χ2v) is 6.46. The molecule has 8 heteroatoms. The van der Waals surface area contributed by atoms with E-state index >= 15 is 0 Å². The number of rotatable bonds is 5. The van der Waals surface area contributed by atoms with E-state index in [0.29, 0.717) is 39.3 Å². The summed E-state index contributed by atoms with van der Waals surface area (Å²) >= 11 is 12.3. The lowest BCUT2D eigenvalue weighted by Gasteiger charge is -2.03. The number of carbonyl (C=O) groups excluding carboxylic acids is 1. The average Bonchev–Trinajstić information content (AvgIpc) is 3.15. The lowest BCUT2D eigenvalue weighted by Crippen LogP contribution is -2.17. The Hall–Kier alpha value is -2.57. The van der Waals surface area contributed by atoms with Crippen molar-refractivity contribution in [1.82, 2.24) is 15.2 Å². The second kappa shape index (κ2) is 7.76. The van der Waals surface area contributed by atoms with Crippen molar-refractivity contribution >= 4 is 35.3 Å². The SMILES string of the molecule is Cc1nn(Cc2ccc(Cl)cc2)c(Cl)c1C=NNC(=O)c1ccoc1C. The minimum atomic E-state index is -0.352. The molecule has 6 nitrogen and oxygen atoms in total. The molecule has 2 aromatic heterocycles. The zero-order valence-electron chi connectivity index (χ0n) is 14.2. The molecule has 0 radical (unpaired) electrons. The molecule has 0 atom stereocenters. The Bertz CT molecular complexity index is 958. The summed E-state index contributed by atoms with van der Waals surface area (Å²) in [6.07, 6.45) is 2.94. The molecule has 0 saturated heterocycles. The fraction of sp³-hybridized carbons (Fsp3) is 0.167. The van der Waals surface area contributed by atoms with Gasteiger partial charge in [-0.2, -0.15) is 10.2 Å². The van der Waals surface area contributed by atoms with Crippen LogP contribution in [0, 0.1) is 13.8 Å². The number of aromatic nitrogens is 2. The maximum atomic E-state index is 12.0. The van der Waals surface area contributed by atoms with Crippen molar-refractivity contribution < 1.29 is 9.21 Å². The molecule has 1 N–H and O–H groups in total. The summed E-state index contributed by atoms with van der Waals surface area (Å²) in [6, 6.07) is 9.05. The number of amides is 1. The van der Waals surface area contributed by atoms with Gasteiger partial charge in [-0.3, -0.25) is 4.79 Å². The van der Waals surface area contributed by atoms with Crippen LogP contribution in [0.5, 0.6) is 0 Å². The van der Waals surface area contributed by atoms with Gasteiger partial charge in [0.25, 0.3) is 5.91 Å². The number of carbonyl (C=O) groups is 1. The Morgan fingerprint density at radius 2 is 2.00 bits per heavy atom. The minimum absolute atomic E-state index is 0.352. The maximum Gasteiger partial charge on any atom is 0.274 e. The summed E-state index contributed by atoms with van der Waals surface area (Å²) in [5, 5.41) is 9.51. The van der Waals surface area contributed by atoms with Gasteiger partial charge in [-0.05, 0) is 37.6 Å². The normalized spacial score (nSPS) is 11.2. The van der Waals surface area contributed by atoms with Crippen LogP contribution in [0.2, 0.25) is 10.2 Å². The average molecular weight is 391 g/mol. The third-order valence-corrected chi connectivity index (χ3v) is 4.47. The van der Waals surface area contributed by atoms with E-state index < -0.39 is 0 Å². The number of nitrogens with zero attached hydrogens (tertiary/aromatic N) is 3. The van der Waals surface area contributed by atoms with E-state index in [1.165, 1.54) is 12.5 Å². The molecule has 1 aromatic carbocycles. The predicted octanol–water partition coefficient (Wildman–Crippen LogP) is 4.21. The number of hydrogen-bond acceptors (Lipinski definition) is 4. The van der Waals surface area contributed by atoms with Crippen molar-refractivity contribution in [3.05, 3.63) is 74.9 Å². The maximum absolute atomic E-state index is 12.0. The fourth-order valence-electron chi connectivity index (χ4n) is 2.42. The van der Waals surface area contributed by atoms with Gasteiger partial charge in [-0.15, -0.1) is 0 Å². The molecule has 3 aromatic rings. The van der Waals surface area contributed by atoms with Crippen LogP contribution in [0.15, 0.2) is 46.1 Å². The molecule has 3 rings (SSSR count). The molecule has 0 aliphatic heterocycles. The number of hydrazone groups is 1. The topological polar surface area (TPSA) is 72.4 Å². The smallest absolute Gasteiger partial charge is 0.274 e. The molecular formula is C18H16Cl2N4O2. The minimum Gasteiger partial charge on any atom is -0.469 e. The molecule has 1 amide bonds. The van der Waals surface area contributed by atoms with E-state index in [2.05, 4.69) is 15.6 Å². The van der Waals surface area contributed by atoms with Crippen LogP contribution in [-0.4, -0.2) is 21.9 Å². The Morgan fingerprint density at radius 3 is 2.65 bits per heavy atom. The predicted molar refractivity (Wildman–Crippen MR) is 101 cm³/mol. The zero-order valence-corrected chi connectivity index (χ0v) is 15.7. The fourth-order valence-corrected chi connectivity index (χ4v) is 2.83. The molecule has 0 spiro atoms. The van der Waals surface area contributed by atoms with Crippen molar-refractivity contribution in [3.8, 4) is 0 Å². The highest BCUT2D eigenvalue weighted by Gasteiger charge is 2.13. The molecule has 26 heavy (non-hydrogen) atoms. The Kier molecular flexibility index (Phi) is 5.44. The summed E-state index contributed by atoms with van der Waals surface area (Å²) in [5.41, 5.74) is 5.26. The molecule has 2 heterocycles. The first-order chi connectivity index (χ1) is 12.5. The zero-order chi connectivity index (χ0) is 18.7. The van der Waals surface area contributed by atoms with Crippen molar-refractivity contribution in [2.24, 2.45) is 5.10 Å². The van der Waals surface area contributed by atoms with Crippen LogP contribution in [0.4, 0.5) is 0 Å². The van der Waals surface area contributed by atoms with Crippen molar-refractivity contribution in [1.29, 1.82) is 0 Å². The van der Waals surface area contributed by atoms with E-state index in [-0.39, 0.29) is 5.91 Å². The lowest BCUT2D eigenvalue weighted by atomic mass is 10.2. The van der Waals surface area contributed by atoms with Crippen molar-refractivity contribution in [2.75, 3.05) is 0 Å². The summed E-state index contributed by atoms with van der Waals surface area (Å²) in [4.78, 5) is 12.0. The first-order valence-corrected chi connectivity index (χ1v) is 8.56. The monoisotopic (exact) mass is 390 g/mol. The van der Waals surface area contributed by atoms with Gasteiger partial charge in [0.05, 0.1) is 35.8 Å².